The summed E-state index contributed by atoms with van der Waals surface area (Å²) in [6.07, 6.45) is 0. The zero-order valence-electron chi connectivity index (χ0n) is 9.38. The van der Waals surface area contributed by atoms with E-state index in [1.165, 1.54) is 14.1 Å². The zero-order valence-corrected chi connectivity index (χ0v) is 11.0. The van der Waals surface area contributed by atoms with E-state index in [1.807, 2.05) is 0 Å². The number of rotatable bonds is 5. The molecule has 17 heavy (non-hydrogen) atoms. The number of anilines is 2. The van der Waals surface area contributed by atoms with E-state index in [9.17, 15) is 8.42 Å². The van der Waals surface area contributed by atoms with Gasteiger partial charge in [-0.25, -0.2) is 12.7 Å². The smallest absolute Gasteiger partial charge is 0.228 e. The summed E-state index contributed by atoms with van der Waals surface area (Å²) < 4.78 is 24.0. The van der Waals surface area contributed by atoms with Crippen molar-refractivity contribution in [3.63, 3.8) is 0 Å². The first-order valence-electron chi connectivity index (χ1n) is 4.62. The number of aromatic nitrogens is 3. The minimum absolute atomic E-state index is 0.0250. The summed E-state index contributed by atoms with van der Waals surface area (Å²) in [5.41, 5.74) is 5.35. The fourth-order valence-electron chi connectivity index (χ4n) is 0.919. The van der Waals surface area contributed by atoms with E-state index in [4.69, 9.17) is 17.3 Å². The van der Waals surface area contributed by atoms with Gasteiger partial charge in [-0.15, -0.1) is 0 Å². The van der Waals surface area contributed by atoms with Crippen molar-refractivity contribution < 1.29 is 8.42 Å². The molecule has 8 nitrogen and oxygen atoms in total. The van der Waals surface area contributed by atoms with Gasteiger partial charge in [0.15, 0.2) is 0 Å². The molecule has 0 amide bonds. The summed E-state index contributed by atoms with van der Waals surface area (Å²) in [6.45, 7) is 0.153. The molecule has 0 saturated carbocycles. The quantitative estimate of drug-likeness (QED) is 0.741. The molecule has 0 aliphatic rings. The maximum Gasteiger partial charge on any atom is 0.228 e. The lowest BCUT2D eigenvalue weighted by Crippen LogP contribution is -2.28. The molecular weight excluding hydrogens is 268 g/mol. The number of sulfonamides is 1. The van der Waals surface area contributed by atoms with E-state index in [2.05, 4.69) is 20.3 Å². The predicted molar refractivity (Wildman–Crippen MR) is 65.2 cm³/mol. The lowest BCUT2D eigenvalue weighted by molar-refractivity contribution is 0.521. The van der Waals surface area contributed by atoms with Crippen LogP contribution in [0.3, 0.4) is 0 Å². The average molecular weight is 281 g/mol. The van der Waals surface area contributed by atoms with Gasteiger partial charge < -0.3 is 11.1 Å². The molecule has 96 valence electrons. The second-order valence-corrected chi connectivity index (χ2v) is 5.95. The highest BCUT2D eigenvalue weighted by Crippen LogP contribution is 2.06. The van der Waals surface area contributed by atoms with Gasteiger partial charge >= 0.3 is 0 Å². The van der Waals surface area contributed by atoms with Crippen LogP contribution in [0.2, 0.25) is 5.28 Å². The third-order valence-corrected chi connectivity index (χ3v) is 3.83. The van der Waals surface area contributed by atoms with Crippen molar-refractivity contribution in [1.82, 2.24) is 19.3 Å². The van der Waals surface area contributed by atoms with Gasteiger partial charge in [-0.3, -0.25) is 0 Å². The Morgan fingerprint density at radius 2 is 2.00 bits per heavy atom. The first-order valence-corrected chi connectivity index (χ1v) is 6.61. The number of hydrogen-bond acceptors (Lipinski definition) is 7. The lowest BCUT2D eigenvalue weighted by Gasteiger charge is -2.11. The molecule has 0 bridgehead atoms. The molecule has 0 aliphatic heterocycles. The molecule has 0 fully saturated rings. The SMILES string of the molecule is CN(C)S(=O)(=O)CCNc1nc(N)nc(Cl)n1. The van der Waals surface area contributed by atoms with Crippen LogP contribution in [0, 0.1) is 0 Å². The van der Waals surface area contributed by atoms with Crippen LogP contribution in [0.1, 0.15) is 0 Å². The molecule has 1 aromatic rings. The molecule has 0 aromatic carbocycles. The minimum Gasteiger partial charge on any atom is -0.368 e. The third kappa shape index (κ3) is 4.29. The van der Waals surface area contributed by atoms with Crippen molar-refractivity contribution in [2.75, 3.05) is 37.4 Å². The van der Waals surface area contributed by atoms with Gasteiger partial charge in [-0.1, -0.05) is 0 Å². The highest BCUT2D eigenvalue weighted by molar-refractivity contribution is 7.89. The molecule has 1 aromatic heterocycles. The minimum atomic E-state index is -3.25. The summed E-state index contributed by atoms with van der Waals surface area (Å²) >= 11 is 5.56. The highest BCUT2D eigenvalue weighted by Gasteiger charge is 2.13. The van der Waals surface area contributed by atoms with Gasteiger partial charge in [0.1, 0.15) is 0 Å². The van der Waals surface area contributed by atoms with Crippen LogP contribution in [0.5, 0.6) is 0 Å². The maximum absolute atomic E-state index is 11.4. The van der Waals surface area contributed by atoms with Gasteiger partial charge in [-0.2, -0.15) is 15.0 Å². The Balaban J connectivity index is 2.57. The molecule has 3 N–H and O–H groups in total. The molecular formula is C7H13ClN6O2S. The second kappa shape index (κ2) is 5.43. The highest BCUT2D eigenvalue weighted by atomic mass is 35.5. The number of nitrogens with two attached hydrogens (primary N) is 1. The fraction of sp³-hybridized carbons (Fsp3) is 0.571. The number of nitrogens with one attached hydrogen (secondary N) is 1. The number of hydrogen-bond donors (Lipinski definition) is 2. The van der Waals surface area contributed by atoms with Gasteiger partial charge in [0.25, 0.3) is 0 Å². The molecule has 1 heterocycles. The van der Waals surface area contributed by atoms with E-state index in [-0.39, 0.29) is 29.5 Å². The second-order valence-electron chi connectivity index (χ2n) is 3.31. The van der Waals surface area contributed by atoms with Gasteiger partial charge in [0, 0.05) is 20.6 Å². The summed E-state index contributed by atoms with van der Waals surface area (Å²) in [4.78, 5) is 11.1. The summed E-state index contributed by atoms with van der Waals surface area (Å²) in [6, 6.07) is 0. The average Bonchev–Trinajstić information content (AvgIpc) is 2.15. The van der Waals surface area contributed by atoms with Crippen molar-refractivity contribution in [2.24, 2.45) is 0 Å². The van der Waals surface area contributed by atoms with E-state index in [1.54, 1.807) is 0 Å². The van der Waals surface area contributed by atoms with Crippen molar-refractivity contribution in [2.45, 2.75) is 0 Å². The van der Waals surface area contributed by atoms with E-state index < -0.39 is 10.0 Å². The molecule has 0 spiro atoms. The first-order chi connectivity index (χ1) is 7.81. The van der Waals surface area contributed by atoms with Crippen LogP contribution in [-0.4, -0.2) is 54.1 Å². The normalized spacial score (nSPS) is 11.8. The van der Waals surface area contributed by atoms with E-state index in [0.29, 0.717) is 0 Å². The summed E-state index contributed by atoms with van der Waals surface area (Å²) in [5.74, 6) is 0.0443. The summed E-state index contributed by atoms with van der Waals surface area (Å²) in [7, 11) is -0.322. The fourth-order valence-corrected chi connectivity index (χ4v) is 1.81. The lowest BCUT2D eigenvalue weighted by atomic mass is 10.7. The van der Waals surface area contributed by atoms with E-state index >= 15 is 0 Å². The van der Waals surface area contributed by atoms with E-state index in [0.717, 1.165) is 4.31 Å². The molecule has 0 unspecified atom stereocenters. The Kier molecular flexibility index (Phi) is 4.43. The molecule has 0 atom stereocenters. The van der Waals surface area contributed by atoms with Gasteiger partial charge in [0.2, 0.25) is 27.2 Å². The Hall–Kier alpha value is -1.19. The van der Waals surface area contributed by atoms with Crippen LogP contribution in [0.25, 0.3) is 0 Å². The Labute approximate surface area is 104 Å². The van der Waals surface area contributed by atoms with Gasteiger partial charge in [-0.05, 0) is 11.6 Å². The van der Waals surface area contributed by atoms with Crippen LogP contribution in [0.15, 0.2) is 0 Å². The Morgan fingerprint density at radius 1 is 1.35 bits per heavy atom. The molecule has 1 rings (SSSR count). The van der Waals surface area contributed by atoms with Crippen LogP contribution in [0.4, 0.5) is 11.9 Å². The maximum atomic E-state index is 11.4. The standard InChI is InChI=1S/C7H13ClN6O2S/c1-14(2)17(15,16)4-3-10-7-12-5(8)11-6(9)13-7/h3-4H2,1-2H3,(H3,9,10,11,12,13). The summed E-state index contributed by atoms with van der Waals surface area (Å²) in [5, 5.41) is 2.66. The van der Waals surface area contributed by atoms with Crippen molar-refractivity contribution in [3.8, 4) is 0 Å². The molecule has 0 saturated heterocycles. The van der Waals surface area contributed by atoms with Crippen molar-refractivity contribution in [1.29, 1.82) is 0 Å². The zero-order chi connectivity index (χ0) is 13.1. The Bertz CT molecular complexity index is 471. The molecule has 10 heteroatoms. The third-order valence-electron chi connectivity index (χ3n) is 1.82. The topological polar surface area (TPSA) is 114 Å². The van der Waals surface area contributed by atoms with Crippen LogP contribution >= 0.6 is 11.6 Å². The van der Waals surface area contributed by atoms with Crippen molar-refractivity contribution >= 4 is 33.5 Å². The monoisotopic (exact) mass is 280 g/mol. The largest absolute Gasteiger partial charge is 0.368 e. The van der Waals surface area contributed by atoms with Crippen molar-refractivity contribution in [3.05, 3.63) is 5.28 Å². The predicted octanol–water partition coefficient (Wildman–Crippen LogP) is -0.589. The van der Waals surface area contributed by atoms with Crippen LogP contribution in [-0.2, 0) is 10.0 Å². The van der Waals surface area contributed by atoms with Crippen LogP contribution < -0.4 is 11.1 Å². The van der Waals surface area contributed by atoms with Gasteiger partial charge in [0.05, 0.1) is 5.75 Å². The number of halogens is 1. The molecule has 0 aliphatic carbocycles. The first kappa shape index (κ1) is 13.9. The molecule has 0 radical (unpaired) electrons. The number of nitrogens with zero attached hydrogens (tertiary/aromatic N) is 4. The number of nitrogen functional groups attached to an aromatic ring is 1. The Morgan fingerprint density at radius 3 is 2.53 bits per heavy atom.